The Morgan fingerprint density at radius 2 is 1.85 bits per heavy atom. The van der Waals surface area contributed by atoms with Gasteiger partial charge in [-0.1, -0.05) is 0 Å². The van der Waals surface area contributed by atoms with E-state index in [4.69, 9.17) is 0 Å². The summed E-state index contributed by atoms with van der Waals surface area (Å²) in [6, 6.07) is 3.23. The fraction of sp³-hybridized carbons (Fsp3) is 0.500. The number of nitrogens with zero attached hydrogens (tertiary/aromatic N) is 2. The van der Waals surface area contributed by atoms with E-state index in [0.29, 0.717) is 32.6 Å². The molecule has 1 unspecified atom stereocenters. The van der Waals surface area contributed by atoms with Gasteiger partial charge in [-0.3, -0.25) is 9.59 Å². The van der Waals surface area contributed by atoms with Crippen molar-refractivity contribution in [3.8, 4) is 0 Å². The maximum atomic E-state index is 13.5. The largest absolute Gasteiger partial charge is 0.428 e. The fourth-order valence-electron chi connectivity index (χ4n) is 2.70. The molecule has 1 aliphatic heterocycles. The lowest BCUT2D eigenvalue weighted by Gasteiger charge is -2.26. The van der Waals surface area contributed by atoms with Gasteiger partial charge in [0.15, 0.2) is 0 Å². The molecule has 10 heteroatoms. The van der Waals surface area contributed by atoms with Crippen molar-refractivity contribution in [2.45, 2.75) is 25.7 Å². The molecule has 0 aliphatic carbocycles. The summed E-state index contributed by atoms with van der Waals surface area (Å²) in [6.07, 6.45) is -8.48. The first-order chi connectivity index (χ1) is 12.1. The molecule has 1 aromatic carbocycles. The van der Waals surface area contributed by atoms with E-state index in [1.54, 1.807) is 9.80 Å². The van der Waals surface area contributed by atoms with Gasteiger partial charge in [-0.25, -0.2) is 8.78 Å². The molecule has 0 saturated carbocycles. The average molecular weight is 379 g/mol. The number of hydrogen-bond donors (Lipinski definition) is 1. The van der Waals surface area contributed by atoms with Crippen molar-refractivity contribution < 1.29 is 31.5 Å². The summed E-state index contributed by atoms with van der Waals surface area (Å²) >= 11 is 0. The normalized spacial score (nSPS) is 16.8. The van der Waals surface area contributed by atoms with Gasteiger partial charge in [0.2, 0.25) is 5.91 Å². The smallest absolute Gasteiger partial charge is 0.368 e. The summed E-state index contributed by atoms with van der Waals surface area (Å²) in [7, 11) is 0. The fourth-order valence-corrected chi connectivity index (χ4v) is 2.70. The Balaban J connectivity index is 2.22. The summed E-state index contributed by atoms with van der Waals surface area (Å²) in [5.41, 5.74) is 0.0118. The molecule has 1 atom stereocenters. The Kier molecular flexibility index (Phi) is 6.04. The van der Waals surface area contributed by atoms with Gasteiger partial charge < -0.3 is 15.1 Å². The van der Waals surface area contributed by atoms with Crippen LogP contribution in [0.25, 0.3) is 0 Å². The van der Waals surface area contributed by atoms with Crippen LogP contribution in [0.4, 0.5) is 33.3 Å². The zero-order valence-electron chi connectivity index (χ0n) is 13.9. The third-order valence-electron chi connectivity index (χ3n) is 4.02. The summed E-state index contributed by atoms with van der Waals surface area (Å²) in [5, 5.41) is 1.81. The molecule has 144 valence electrons. The van der Waals surface area contributed by atoms with Gasteiger partial charge in [-0.2, -0.15) is 13.2 Å². The molecule has 1 N–H and O–H groups in total. The zero-order valence-corrected chi connectivity index (χ0v) is 13.9. The van der Waals surface area contributed by atoms with E-state index in [9.17, 15) is 31.5 Å². The number of rotatable bonds is 3. The summed E-state index contributed by atoms with van der Waals surface area (Å²) < 4.78 is 63.7. The predicted octanol–water partition coefficient (Wildman–Crippen LogP) is 2.72. The lowest BCUT2D eigenvalue weighted by atomic mass is 10.2. The maximum Gasteiger partial charge on any atom is 0.428 e. The van der Waals surface area contributed by atoms with E-state index in [2.05, 4.69) is 0 Å². The Morgan fingerprint density at radius 3 is 2.46 bits per heavy atom. The lowest BCUT2D eigenvalue weighted by Crippen LogP contribution is -2.37. The number of amides is 2. The molecule has 0 spiro atoms. The van der Waals surface area contributed by atoms with Gasteiger partial charge in [0.1, 0.15) is 5.82 Å². The molecular weight excluding hydrogens is 361 g/mol. The monoisotopic (exact) mass is 379 g/mol. The number of anilines is 2. The van der Waals surface area contributed by atoms with Crippen molar-refractivity contribution in [2.75, 3.05) is 36.4 Å². The summed E-state index contributed by atoms with van der Waals surface area (Å²) in [6.45, 7) is 3.09. The Labute approximate surface area is 146 Å². The number of hydrogen-bond acceptors (Lipinski definition) is 3. The van der Waals surface area contributed by atoms with Crippen LogP contribution in [-0.4, -0.2) is 55.2 Å². The second-order valence-corrected chi connectivity index (χ2v) is 5.90. The first-order valence-electron chi connectivity index (χ1n) is 7.91. The molecule has 1 heterocycles. The third-order valence-corrected chi connectivity index (χ3v) is 4.02. The van der Waals surface area contributed by atoms with Gasteiger partial charge in [0.25, 0.3) is 12.1 Å². The Bertz CT molecular complexity index is 680. The number of carbonyl (C=O) groups excluding carboxylic acids is 2. The number of nitrogens with one attached hydrogen (secondary N) is 1. The van der Waals surface area contributed by atoms with Gasteiger partial charge in [0, 0.05) is 33.1 Å². The van der Waals surface area contributed by atoms with Crippen LogP contribution in [0.2, 0.25) is 0 Å². The zero-order chi connectivity index (χ0) is 19.5. The standard InChI is InChI=1S/C16H18F5N3O2/c1-10(25)23-5-2-6-24(8-7-23)13-4-3-11(17)9-12(13)22-15(26)14(18)16(19,20)21/h3-4,9,14H,2,5-8H2,1H3,(H,22,26). The van der Waals surface area contributed by atoms with Gasteiger partial charge >= 0.3 is 6.18 Å². The average Bonchev–Trinajstić information content (AvgIpc) is 2.79. The van der Waals surface area contributed by atoms with Crippen LogP contribution >= 0.6 is 0 Å². The second-order valence-electron chi connectivity index (χ2n) is 5.90. The van der Waals surface area contributed by atoms with Gasteiger partial charge in [0.05, 0.1) is 11.4 Å². The van der Waals surface area contributed by atoms with Crippen LogP contribution in [-0.2, 0) is 9.59 Å². The third kappa shape index (κ3) is 4.83. The Hall–Kier alpha value is -2.39. The number of carbonyl (C=O) groups is 2. The molecule has 0 bridgehead atoms. The molecule has 5 nitrogen and oxygen atoms in total. The van der Waals surface area contributed by atoms with Crippen LogP contribution in [0.1, 0.15) is 13.3 Å². The molecule has 1 fully saturated rings. The lowest BCUT2D eigenvalue weighted by molar-refractivity contribution is -0.183. The highest BCUT2D eigenvalue weighted by atomic mass is 19.4. The van der Waals surface area contributed by atoms with Crippen molar-refractivity contribution >= 4 is 23.2 Å². The van der Waals surface area contributed by atoms with E-state index in [1.165, 1.54) is 13.0 Å². The van der Waals surface area contributed by atoms with Crippen molar-refractivity contribution in [1.82, 2.24) is 4.90 Å². The van der Waals surface area contributed by atoms with Crippen LogP contribution in [0, 0.1) is 5.82 Å². The van der Waals surface area contributed by atoms with Crippen LogP contribution in [0.15, 0.2) is 18.2 Å². The molecule has 0 aromatic heterocycles. The van der Waals surface area contributed by atoms with Crippen molar-refractivity contribution in [2.24, 2.45) is 0 Å². The number of benzene rings is 1. The Morgan fingerprint density at radius 1 is 1.15 bits per heavy atom. The van der Waals surface area contributed by atoms with E-state index in [0.717, 1.165) is 12.1 Å². The van der Waals surface area contributed by atoms with E-state index in [1.807, 2.05) is 5.32 Å². The highest BCUT2D eigenvalue weighted by Gasteiger charge is 2.45. The van der Waals surface area contributed by atoms with Crippen LogP contribution in [0.3, 0.4) is 0 Å². The number of alkyl halides is 4. The minimum absolute atomic E-state index is 0.107. The first kappa shape index (κ1) is 19.9. The molecule has 0 radical (unpaired) electrons. The summed E-state index contributed by atoms with van der Waals surface area (Å²) in [5.74, 6) is -2.80. The minimum Gasteiger partial charge on any atom is -0.368 e. The second kappa shape index (κ2) is 7.88. The molecule has 26 heavy (non-hydrogen) atoms. The quantitative estimate of drug-likeness (QED) is 0.822. The SMILES string of the molecule is CC(=O)N1CCCN(c2ccc(F)cc2NC(=O)C(F)C(F)(F)F)CC1. The van der Waals surface area contributed by atoms with E-state index >= 15 is 0 Å². The van der Waals surface area contributed by atoms with Crippen molar-refractivity contribution in [1.29, 1.82) is 0 Å². The summed E-state index contributed by atoms with van der Waals surface area (Å²) in [4.78, 5) is 26.3. The van der Waals surface area contributed by atoms with Gasteiger partial charge in [-0.15, -0.1) is 0 Å². The maximum absolute atomic E-state index is 13.5. The minimum atomic E-state index is -5.35. The predicted molar refractivity (Wildman–Crippen MR) is 85.1 cm³/mol. The van der Waals surface area contributed by atoms with Crippen molar-refractivity contribution in [3.05, 3.63) is 24.0 Å². The highest BCUT2D eigenvalue weighted by molar-refractivity contribution is 5.97. The molecule has 2 rings (SSSR count). The molecule has 1 saturated heterocycles. The molecule has 2 amide bonds. The van der Waals surface area contributed by atoms with E-state index in [-0.39, 0.29) is 17.3 Å². The number of halogens is 5. The molecule has 1 aliphatic rings. The molecule has 1 aromatic rings. The van der Waals surface area contributed by atoms with Gasteiger partial charge in [-0.05, 0) is 24.6 Å². The topological polar surface area (TPSA) is 52.7 Å². The van der Waals surface area contributed by atoms with Crippen LogP contribution < -0.4 is 10.2 Å². The highest BCUT2D eigenvalue weighted by Crippen LogP contribution is 2.30. The van der Waals surface area contributed by atoms with E-state index < -0.39 is 24.1 Å². The van der Waals surface area contributed by atoms with Crippen molar-refractivity contribution in [3.63, 3.8) is 0 Å². The first-order valence-corrected chi connectivity index (χ1v) is 7.91. The molecular formula is C16H18F5N3O2. The van der Waals surface area contributed by atoms with Crippen LogP contribution in [0.5, 0.6) is 0 Å².